The van der Waals surface area contributed by atoms with Crippen LogP contribution in [0.15, 0.2) is 0 Å². The van der Waals surface area contributed by atoms with Crippen LogP contribution in [0.3, 0.4) is 0 Å². The molecule has 0 heterocycles. The molecule has 0 bridgehead atoms. The van der Waals surface area contributed by atoms with E-state index in [4.69, 9.17) is 15.3 Å². The number of rotatable bonds is 12. The number of carbonyl (C=O) groups is 6. The van der Waals surface area contributed by atoms with Crippen LogP contribution in [-0.2, 0) is 28.8 Å². The largest absolute Gasteiger partial charge is 2.00 e. The quantitative estimate of drug-likeness (QED) is 0.202. The van der Waals surface area contributed by atoms with E-state index in [1.54, 1.807) is 0 Å². The minimum Gasteiger partial charge on any atom is -0.549 e. The van der Waals surface area contributed by atoms with Gasteiger partial charge in [0, 0.05) is 19.6 Å². The maximum Gasteiger partial charge on any atom is 2.00 e. The Hall–Kier alpha value is -1.98. The van der Waals surface area contributed by atoms with Crippen LogP contribution in [0.25, 0.3) is 0 Å². The van der Waals surface area contributed by atoms with Crippen molar-refractivity contribution in [2.24, 2.45) is 0 Å². The molecule has 0 saturated heterocycles. The van der Waals surface area contributed by atoms with Gasteiger partial charge in [0.1, 0.15) is 0 Å². The molecule has 0 aromatic rings. The van der Waals surface area contributed by atoms with Gasteiger partial charge in [0.05, 0.1) is 37.5 Å². The molecule has 0 radical (unpaired) electrons. The van der Waals surface area contributed by atoms with Crippen LogP contribution >= 0.6 is 0 Å². The third-order valence-electron chi connectivity index (χ3n) is 2.13. The van der Waals surface area contributed by atoms with Crippen LogP contribution in [-0.4, -0.2) is 106 Å². The minimum absolute atomic E-state index is 0. The Morgan fingerprint density at radius 3 is 0.857 bits per heavy atom. The second-order valence-electron chi connectivity index (χ2n) is 4.59. The van der Waals surface area contributed by atoms with Crippen LogP contribution in [0.4, 0.5) is 0 Å². The molecule has 0 aliphatic carbocycles. The molecule has 28 heavy (non-hydrogen) atoms. The number of hydrogen-bond acceptors (Lipinski definition) is 11. The maximum atomic E-state index is 10.1. The molecular formula is C12H17GdN2O13-. The normalized spacial score (nSPS) is 9.21. The zero-order valence-electron chi connectivity index (χ0n) is 14.0. The van der Waals surface area contributed by atoms with Gasteiger partial charge >= 0.3 is 57.8 Å². The van der Waals surface area contributed by atoms with Gasteiger partial charge in [-0.1, -0.05) is 0 Å². The van der Waals surface area contributed by atoms with Gasteiger partial charge in [0.2, 0.25) is 0 Å². The zero-order valence-corrected chi connectivity index (χ0v) is 16.3. The Morgan fingerprint density at radius 1 is 0.536 bits per heavy atom. The number of carboxylic acids is 6. The molecule has 0 fully saturated rings. The summed E-state index contributed by atoms with van der Waals surface area (Å²) in [5, 5.41) is 54.8. The number of carbonyl (C=O) groups excluding carboxylic acids is 3. The predicted octanol–water partition coefficient (Wildman–Crippen LogP) is -7.74. The van der Waals surface area contributed by atoms with Crippen LogP contribution in [0.2, 0.25) is 0 Å². The van der Waals surface area contributed by atoms with Gasteiger partial charge in [0.25, 0.3) is 0 Å². The van der Waals surface area contributed by atoms with E-state index in [-0.39, 0.29) is 45.4 Å². The standard InChI is InChI=1S/2C6H9NO6.Gd.H2O/c2*8-4(9)1-7(2-5(10)11)3-6(12)13;;/h2*1-3H2,(H,8,9)(H,10,11)(H,12,13);;1H2/q;;+2;/p-3. The molecule has 0 aromatic heterocycles. The first-order valence-corrected chi connectivity index (χ1v) is 6.53. The summed E-state index contributed by atoms with van der Waals surface area (Å²) in [7, 11) is 0. The molecule has 0 saturated carbocycles. The van der Waals surface area contributed by atoms with E-state index in [1.807, 2.05) is 0 Å². The number of nitrogens with zero attached hydrogens (tertiary/aromatic N) is 2. The minimum atomic E-state index is -1.54. The van der Waals surface area contributed by atoms with Crippen molar-refractivity contribution in [2.75, 3.05) is 39.3 Å². The van der Waals surface area contributed by atoms with Gasteiger partial charge in [0.15, 0.2) is 0 Å². The summed E-state index contributed by atoms with van der Waals surface area (Å²) in [5.74, 6) is -8.49. The van der Waals surface area contributed by atoms with Gasteiger partial charge in [-0.3, -0.25) is 24.2 Å². The Labute approximate surface area is 189 Å². The Kier molecular flexibility index (Phi) is 22.1. The summed E-state index contributed by atoms with van der Waals surface area (Å²) in [6.45, 7) is -4.17. The monoisotopic (exact) mass is 555 g/mol. The first-order chi connectivity index (χ1) is 11.8. The molecule has 0 amide bonds. The van der Waals surface area contributed by atoms with Crippen molar-refractivity contribution < 1.29 is 105 Å². The first kappa shape index (κ1) is 33.6. The van der Waals surface area contributed by atoms with Crippen molar-refractivity contribution in [1.82, 2.24) is 9.80 Å². The number of carboxylic acid groups (broad SMARTS) is 6. The van der Waals surface area contributed by atoms with Gasteiger partial charge in [-0.2, -0.15) is 0 Å². The molecule has 0 atom stereocenters. The molecule has 5 N–H and O–H groups in total. The van der Waals surface area contributed by atoms with E-state index in [1.165, 1.54) is 0 Å². The fraction of sp³-hybridized carbons (Fsp3) is 0.500. The Bertz CT molecular complexity index is 430. The van der Waals surface area contributed by atoms with E-state index in [2.05, 4.69) is 0 Å². The summed E-state index contributed by atoms with van der Waals surface area (Å²) < 4.78 is 0. The summed E-state index contributed by atoms with van der Waals surface area (Å²) in [5.41, 5.74) is 0. The number of aliphatic carboxylic acids is 6. The van der Waals surface area contributed by atoms with E-state index < -0.39 is 75.1 Å². The SMILES string of the molecule is O.O=C([O-])CN(CC(=O)O)CC(=O)O.O=C([O-])CN(CC(=O)[O-])CC(=O)O.[Gd+2]. The fourth-order valence-corrected chi connectivity index (χ4v) is 1.46. The molecule has 0 rings (SSSR count). The summed E-state index contributed by atoms with van der Waals surface area (Å²) in [6, 6.07) is 0. The second-order valence-corrected chi connectivity index (χ2v) is 4.59. The van der Waals surface area contributed by atoms with E-state index >= 15 is 0 Å². The van der Waals surface area contributed by atoms with Crippen molar-refractivity contribution in [3.63, 3.8) is 0 Å². The summed E-state index contributed by atoms with van der Waals surface area (Å²) in [4.78, 5) is 61.8. The Balaban J connectivity index is -0.000000192. The molecule has 0 aliphatic rings. The van der Waals surface area contributed by atoms with Gasteiger partial charge in [-0.25, -0.2) is 0 Å². The second kappa shape index (κ2) is 18.4. The molecule has 0 aromatic carbocycles. The molecule has 16 heteroatoms. The molecular weight excluding hydrogens is 537 g/mol. The molecule has 0 spiro atoms. The number of hydrogen-bond donors (Lipinski definition) is 3. The average molecular weight is 555 g/mol. The summed E-state index contributed by atoms with van der Waals surface area (Å²) >= 11 is 0. The van der Waals surface area contributed by atoms with Crippen LogP contribution in [0.1, 0.15) is 0 Å². The Morgan fingerprint density at radius 2 is 0.714 bits per heavy atom. The fourth-order valence-electron chi connectivity index (χ4n) is 1.46. The van der Waals surface area contributed by atoms with Crippen molar-refractivity contribution >= 4 is 35.8 Å². The molecule has 0 unspecified atom stereocenters. The zero-order chi connectivity index (χ0) is 20.9. The van der Waals surface area contributed by atoms with Gasteiger partial charge in [-0.15, -0.1) is 0 Å². The maximum absolute atomic E-state index is 10.1. The van der Waals surface area contributed by atoms with E-state index in [9.17, 15) is 44.1 Å². The first-order valence-electron chi connectivity index (χ1n) is 6.53. The molecule has 15 nitrogen and oxygen atoms in total. The van der Waals surface area contributed by atoms with Crippen molar-refractivity contribution in [3.05, 3.63) is 0 Å². The van der Waals surface area contributed by atoms with E-state index in [0.717, 1.165) is 4.90 Å². The van der Waals surface area contributed by atoms with Gasteiger partial charge < -0.3 is 50.5 Å². The summed E-state index contributed by atoms with van der Waals surface area (Å²) in [6.07, 6.45) is 0. The smallest absolute Gasteiger partial charge is 0.549 e. The van der Waals surface area contributed by atoms with Crippen LogP contribution < -0.4 is 15.3 Å². The van der Waals surface area contributed by atoms with E-state index in [0.29, 0.717) is 4.90 Å². The average Bonchev–Trinajstić information content (AvgIpc) is 2.33. The molecule has 162 valence electrons. The van der Waals surface area contributed by atoms with Crippen molar-refractivity contribution in [3.8, 4) is 0 Å². The van der Waals surface area contributed by atoms with Crippen molar-refractivity contribution in [2.45, 2.75) is 0 Å². The van der Waals surface area contributed by atoms with Crippen LogP contribution in [0.5, 0.6) is 0 Å². The third-order valence-corrected chi connectivity index (χ3v) is 2.13. The third kappa shape index (κ3) is 26.3. The topological polar surface area (TPSA) is 270 Å². The van der Waals surface area contributed by atoms with Crippen LogP contribution in [0, 0.1) is 39.9 Å². The predicted molar refractivity (Wildman–Crippen MR) is 74.4 cm³/mol. The van der Waals surface area contributed by atoms with Gasteiger partial charge in [-0.05, 0) is 0 Å². The molecule has 0 aliphatic heterocycles. The van der Waals surface area contributed by atoms with Crippen molar-refractivity contribution in [1.29, 1.82) is 0 Å².